The van der Waals surface area contributed by atoms with Crippen molar-refractivity contribution in [2.75, 3.05) is 20.3 Å². The summed E-state index contributed by atoms with van der Waals surface area (Å²) in [7, 11) is -3.02. The van der Waals surface area contributed by atoms with E-state index in [-0.39, 0.29) is 18.0 Å². The van der Waals surface area contributed by atoms with Gasteiger partial charge >= 0.3 is 6.18 Å². The van der Waals surface area contributed by atoms with Gasteiger partial charge in [-0.05, 0) is 12.1 Å². The molecular formula is C11H13F3N2O3S. The first kappa shape index (κ1) is 16.4. The van der Waals surface area contributed by atoms with E-state index in [1.165, 1.54) is 36.1 Å². The molecular weight excluding hydrogens is 297 g/mol. The van der Waals surface area contributed by atoms with Crippen molar-refractivity contribution in [1.29, 1.82) is 0 Å². The Kier molecular flexibility index (Phi) is 5.52. The molecule has 0 unspecified atom stereocenters. The lowest BCUT2D eigenvalue weighted by molar-refractivity contribution is -0.0610. The van der Waals surface area contributed by atoms with Gasteiger partial charge in [-0.3, -0.25) is 9.71 Å². The molecule has 0 saturated heterocycles. The van der Waals surface area contributed by atoms with Crippen LogP contribution in [0.1, 0.15) is 0 Å². The molecule has 0 aromatic heterocycles. The van der Waals surface area contributed by atoms with Gasteiger partial charge in [0.25, 0.3) is 10.0 Å². The van der Waals surface area contributed by atoms with Crippen LogP contribution in [0.4, 0.5) is 13.2 Å². The van der Waals surface area contributed by atoms with E-state index in [1.807, 2.05) is 0 Å². The molecule has 0 amide bonds. The lowest BCUT2D eigenvalue weighted by atomic mass is 10.4. The number of ether oxygens (including phenoxy) is 1. The van der Waals surface area contributed by atoms with Gasteiger partial charge in [0, 0.05) is 7.11 Å². The summed E-state index contributed by atoms with van der Waals surface area (Å²) in [5.41, 5.74) is 0. The molecule has 0 aliphatic heterocycles. The zero-order valence-electron chi connectivity index (χ0n) is 10.5. The van der Waals surface area contributed by atoms with Gasteiger partial charge in [0.15, 0.2) is 0 Å². The summed E-state index contributed by atoms with van der Waals surface area (Å²) < 4.78 is 67.7. The predicted octanol–water partition coefficient (Wildman–Crippen LogP) is 1.57. The second-order valence-electron chi connectivity index (χ2n) is 3.64. The first-order chi connectivity index (χ1) is 9.27. The SMILES string of the molecule is COCCN=C(NS(=O)(=O)c1ccccc1)C(F)(F)F. The third-order valence-electron chi connectivity index (χ3n) is 2.12. The largest absolute Gasteiger partial charge is 0.449 e. The van der Waals surface area contributed by atoms with Crippen molar-refractivity contribution in [2.24, 2.45) is 4.99 Å². The minimum Gasteiger partial charge on any atom is -0.383 e. The highest BCUT2D eigenvalue weighted by atomic mass is 32.2. The molecule has 9 heteroatoms. The third kappa shape index (κ3) is 4.82. The van der Waals surface area contributed by atoms with E-state index in [2.05, 4.69) is 9.73 Å². The minimum atomic E-state index is -4.89. The Morgan fingerprint density at radius 1 is 1.30 bits per heavy atom. The van der Waals surface area contributed by atoms with Crippen LogP contribution in [0.5, 0.6) is 0 Å². The van der Waals surface area contributed by atoms with Crippen molar-refractivity contribution in [1.82, 2.24) is 4.72 Å². The zero-order chi connectivity index (χ0) is 15.2. The lowest BCUT2D eigenvalue weighted by Gasteiger charge is -2.13. The van der Waals surface area contributed by atoms with Crippen LogP contribution in [0.25, 0.3) is 0 Å². The number of methoxy groups -OCH3 is 1. The highest BCUT2D eigenvalue weighted by Gasteiger charge is 2.38. The Balaban J connectivity index is 2.98. The molecule has 1 N–H and O–H groups in total. The van der Waals surface area contributed by atoms with Crippen LogP contribution in [-0.2, 0) is 14.8 Å². The summed E-state index contributed by atoms with van der Waals surface area (Å²) in [5.74, 6) is -1.57. The Bertz CT molecular complexity index is 556. The van der Waals surface area contributed by atoms with Gasteiger partial charge in [-0.1, -0.05) is 18.2 Å². The molecule has 0 saturated carbocycles. The normalized spacial score (nSPS) is 13.3. The van der Waals surface area contributed by atoms with Crippen molar-refractivity contribution >= 4 is 15.9 Å². The Morgan fingerprint density at radius 3 is 2.40 bits per heavy atom. The van der Waals surface area contributed by atoms with Crippen LogP contribution in [0.15, 0.2) is 40.2 Å². The minimum absolute atomic E-state index is 0.0490. The Hall–Kier alpha value is -1.61. The molecule has 0 spiro atoms. The van der Waals surface area contributed by atoms with E-state index in [0.29, 0.717) is 0 Å². The maximum atomic E-state index is 12.7. The van der Waals surface area contributed by atoms with Gasteiger partial charge in [0.1, 0.15) is 0 Å². The quantitative estimate of drug-likeness (QED) is 0.510. The molecule has 0 radical (unpaired) electrons. The van der Waals surface area contributed by atoms with Gasteiger partial charge in [-0.15, -0.1) is 0 Å². The van der Waals surface area contributed by atoms with E-state index < -0.39 is 22.0 Å². The average Bonchev–Trinajstić information content (AvgIpc) is 2.37. The summed E-state index contributed by atoms with van der Waals surface area (Å²) in [4.78, 5) is 2.90. The number of amidine groups is 1. The molecule has 5 nitrogen and oxygen atoms in total. The van der Waals surface area contributed by atoms with Gasteiger partial charge in [0.05, 0.1) is 18.0 Å². The molecule has 0 heterocycles. The molecule has 1 rings (SSSR count). The molecule has 20 heavy (non-hydrogen) atoms. The fourth-order valence-corrected chi connectivity index (χ4v) is 2.28. The van der Waals surface area contributed by atoms with E-state index in [9.17, 15) is 21.6 Å². The number of hydrogen-bond donors (Lipinski definition) is 1. The van der Waals surface area contributed by atoms with Crippen molar-refractivity contribution in [3.63, 3.8) is 0 Å². The molecule has 0 fully saturated rings. The Labute approximate surface area is 114 Å². The molecule has 112 valence electrons. The second kappa shape index (κ2) is 6.71. The van der Waals surface area contributed by atoms with Crippen LogP contribution < -0.4 is 4.72 Å². The summed E-state index contributed by atoms with van der Waals surface area (Å²) in [6.07, 6.45) is -4.89. The summed E-state index contributed by atoms with van der Waals surface area (Å²) in [6, 6.07) is 6.74. The fraction of sp³-hybridized carbons (Fsp3) is 0.364. The molecule has 1 aromatic carbocycles. The number of nitrogens with one attached hydrogen (secondary N) is 1. The first-order valence-electron chi connectivity index (χ1n) is 5.46. The van der Waals surface area contributed by atoms with Crippen LogP contribution in [0, 0.1) is 0 Å². The van der Waals surface area contributed by atoms with E-state index in [0.717, 1.165) is 0 Å². The van der Waals surface area contributed by atoms with Gasteiger partial charge in [0.2, 0.25) is 5.84 Å². The first-order valence-corrected chi connectivity index (χ1v) is 6.94. The van der Waals surface area contributed by atoms with Crippen LogP contribution in [0.3, 0.4) is 0 Å². The molecule has 0 atom stereocenters. The highest BCUT2D eigenvalue weighted by Crippen LogP contribution is 2.18. The van der Waals surface area contributed by atoms with Gasteiger partial charge in [-0.25, -0.2) is 8.42 Å². The standard InChI is InChI=1S/C11H13F3N2O3S/c1-19-8-7-15-10(11(12,13)14)16-20(17,18)9-5-3-2-4-6-9/h2-6H,7-8H2,1H3,(H,15,16). The van der Waals surface area contributed by atoms with E-state index in [4.69, 9.17) is 0 Å². The lowest BCUT2D eigenvalue weighted by Crippen LogP contribution is -2.41. The molecule has 0 bridgehead atoms. The monoisotopic (exact) mass is 310 g/mol. The molecule has 1 aromatic rings. The van der Waals surface area contributed by atoms with Crippen LogP contribution in [-0.4, -0.2) is 40.7 Å². The topological polar surface area (TPSA) is 67.8 Å². The molecule has 0 aliphatic carbocycles. The number of sulfonamides is 1. The van der Waals surface area contributed by atoms with E-state index >= 15 is 0 Å². The van der Waals surface area contributed by atoms with Crippen LogP contribution >= 0.6 is 0 Å². The second-order valence-corrected chi connectivity index (χ2v) is 5.32. The number of rotatable bonds is 5. The van der Waals surface area contributed by atoms with Crippen molar-refractivity contribution in [3.05, 3.63) is 30.3 Å². The molecule has 0 aliphatic rings. The maximum Gasteiger partial charge on any atom is 0.449 e. The summed E-state index contributed by atoms with van der Waals surface area (Å²) >= 11 is 0. The number of aliphatic imine (C=N–C) groups is 1. The maximum absolute atomic E-state index is 12.7. The predicted molar refractivity (Wildman–Crippen MR) is 67.0 cm³/mol. The summed E-state index contributed by atoms with van der Waals surface area (Å²) in [6.45, 7) is -0.352. The van der Waals surface area contributed by atoms with Crippen LogP contribution in [0.2, 0.25) is 0 Å². The number of benzene rings is 1. The number of alkyl halides is 3. The highest BCUT2D eigenvalue weighted by molar-refractivity contribution is 7.90. The summed E-state index contributed by atoms with van der Waals surface area (Å²) in [5, 5.41) is 0. The van der Waals surface area contributed by atoms with Crippen molar-refractivity contribution < 1.29 is 26.3 Å². The fourth-order valence-electron chi connectivity index (χ4n) is 1.21. The van der Waals surface area contributed by atoms with Crippen molar-refractivity contribution in [3.8, 4) is 0 Å². The zero-order valence-corrected chi connectivity index (χ0v) is 11.3. The number of halogens is 3. The number of nitrogens with zero attached hydrogens (tertiary/aromatic N) is 1. The van der Waals surface area contributed by atoms with Gasteiger partial charge in [-0.2, -0.15) is 13.2 Å². The average molecular weight is 310 g/mol. The van der Waals surface area contributed by atoms with Crippen molar-refractivity contribution in [2.45, 2.75) is 11.1 Å². The third-order valence-corrected chi connectivity index (χ3v) is 3.47. The smallest absolute Gasteiger partial charge is 0.383 e. The Morgan fingerprint density at radius 2 is 1.90 bits per heavy atom. The van der Waals surface area contributed by atoms with E-state index in [1.54, 1.807) is 6.07 Å². The van der Waals surface area contributed by atoms with Gasteiger partial charge < -0.3 is 4.74 Å². The number of hydrogen-bond acceptors (Lipinski definition) is 4.